The Labute approximate surface area is 133 Å². The van der Waals surface area contributed by atoms with Crippen molar-refractivity contribution in [1.29, 1.82) is 0 Å². The molecule has 0 fully saturated rings. The first kappa shape index (κ1) is 16.3. The Bertz CT molecular complexity index is 822. The number of nitrogens with one attached hydrogen (secondary N) is 2. The number of carbonyl (C=O) groups excluding carboxylic acids is 1. The largest absolute Gasteiger partial charge is 0.290 e. The lowest BCUT2D eigenvalue weighted by Crippen LogP contribution is -2.30. The molecule has 0 radical (unpaired) electrons. The lowest BCUT2D eigenvalue weighted by Gasteiger charge is -2.12. The van der Waals surface area contributed by atoms with E-state index in [4.69, 9.17) is 17.4 Å². The number of sulfonamides is 1. The van der Waals surface area contributed by atoms with Gasteiger partial charge in [-0.25, -0.2) is 14.3 Å². The van der Waals surface area contributed by atoms with Crippen LogP contribution in [-0.4, -0.2) is 14.3 Å². The molecule has 0 spiro atoms. The van der Waals surface area contributed by atoms with Crippen LogP contribution in [0.15, 0.2) is 47.4 Å². The molecule has 4 N–H and O–H groups in total. The van der Waals surface area contributed by atoms with E-state index < -0.39 is 15.9 Å². The molecule has 2 aromatic rings. The van der Waals surface area contributed by atoms with Crippen LogP contribution in [0.3, 0.4) is 0 Å². The topological polar surface area (TPSA) is 101 Å². The Hall–Kier alpha value is -2.09. The smallest absolute Gasteiger partial charge is 0.265 e. The van der Waals surface area contributed by atoms with Gasteiger partial charge < -0.3 is 0 Å². The molecule has 0 aliphatic carbocycles. The zero-order valence-corrected chi connectivity index (χ0v) is 13.2. The average molecular weight is 340 g/mol. The maximum absolute atomic E-state index is 12.4. The van der Waals surface area contributed by atoms with Crippen molar-refractivity contribution >= 4 is 33.2 Å². The van der Waals surface area contributed by atoms with E-state index in [1.54, 1.807) is 25.1 Å². The van der Waals surface area contributed by atoms with E-state index in [-0.39, 0.29) is 10.5 Å². The van der Waals surface area contributed by atoms with Crippen molar-refractivity contribution in [2.45, 2.75) is 11.8 Å². The van der Waals surface area contributed by atoms with Crippen molar-refractivity contribution in [2.24, 2.45) is 5.84 Å². The maximum atomic E-state index is 12.4. The van der Waals surface area contributed by atoms with Crippen LogP contribution >= 0.6 is 11.6 Å². The number of nitrogen functional groups attached to an aromatic ring is 1. The second kappa shape index (κ2) is 6.35. The fourth-order valence-electron chi connectivity index (χ4n) is 1.81. The summed E-state index contributed by atoms with van der Waals surface area (Å²) >= 11 is 5.97. The third kappa shape index (κ3) is 3.38. The minimum absolute atomic E-state index is 0.0482. The normalized spacial score (nSPS) is 11.0. The number of anilines is 1. The second-order valence-corrected chi connectivity index (χ2v) is 6.61. The molecule has 0 aliphatic heterocycles. The molecule has 0 bridgehead atoms. The molecule has 0 aromatic heterocycles. The van der Waals surface area contributed by atoms with E-state index in [1.165, 1.54) is 24.3 Å². The van der Waals surface area contributed by atoms with Crippen molar-refractivity contribution in [3.8, 4) is 0 Å². The van der Waals surface area contributed by atoms with Crippen molar-refractivity contribution in [1.82, 2.24) is 5.43 Å². The van der Waals surface area contributed by atoms with Crippen LogP contribution in [0.1, 0.15) is 15.9 Å². The number of amides is 1. The molecule has 8 heteroatoms. The van der Waals surface area contributed by atoms with E-state index in [0.717, 1.165) is 0 Å². The highest BCUT2D eigenvalue weighted by molar-refractivity contribution is 7.92. The van der Waals surface area contributed by atoms with Crippen LogP contribution in [0.2, 0.25) is 5.02 Å². The Balaban J connectivity index is 2.39. The Morgan fingerprint density at radius 1 is 1.18 bits per heavy atom. The van der Waals surface area contributed by atoms with Crippen molar-refractivity contribution in [2.75, 3.05) is 4.72 Å². The van der Waals surface area contributed by atoms with Gasteiger partial charge in [0.25, 0.3) is 15.9 Å². The molecule has 0 saturated carbocycles. The SMILES string of the molecule is Cc1c(Cl)cccc1NS(=O)(=O)c1cccc(C(=O)NN)c1. The van der Waals surface area contributed by atoms with E-state index in [2.05, 4.69) is 4.72 Å². The van der Waals surface area contributed by atoms with Crippen molar-refractivity contribution < 1.29 is 13.2 Å². The third-order valence-corrected chi connectivity index (χ3v) is 4.82. The lowest BCUT2D eigenvalue weighted by atomic mass is 10.2. The highest BCUT2D eigenvalue weighted by atomic mass is 35.5. The van der Waals surface area contributed by atoms with E-state index in [1.807, 2.05) is 5.43 Å². The van der Waals surface area contributed by atoms with Gasteiger partial charge in [0.1, 0.15) is 0 Å². The van der Waals surface area contributed by atoms with Gasteiger partial charge in [-0.2, -0.15) is 0 Å². The second-order valence-electron chi connectivity index (χ2n) is 4.52. The fourth-order valence-corrected chi connectivity index (χ4v) is 3.15. The summed E-state index contributed by atoms with van der Waals surface area (Å²) < 4.78 is 27.3. The summed E-state index contributed by atoms with van der Waals surface area (Å²) in [7, 11) is -3.85. The molecule has 1 amide bonds. The average Bonchev–Trinajstić information content (AvgIpc) is 2.51. The van der Waals surface area contributed by atoms with Crippen LogP contribution in [0, 0.1) is 6.92 Å². The highest BCUT2D eigenvalue weighted by Gasteiger charge is 2.17. The molecular weight excluding hydrogens is 326 g/mol. The summed E-state index contributed by atoms with van der Waals surface area (Å²) in [5.74, 6) is 4.47. The molecular formula is C14H14ClN3O3S. The number of hydrogen-bond donors (Lipinski definition) is 3. The number of halogens is 1. The summed E-state index contributed by atoms with van der Waals surface area (Å²) in [6.07, 6.45) is 0. The molecule has 6 nitrogen and oxygen atoms in total. The Kier molecular flexibility index (Phi) is 4.70. The summed E-state index contributed by atoms with van der Waals surface area (Å²) in [4.78, 5) is 11.4. The van der Waals surface area contributed by atoms with Crippen molar-refractivity contribution in [3.63, 3.8) is 0 Å². The Morgan fingerprint density at radius 3 is 2.55 bits per heavy atom. The number of hydrogen-bond acceptors (Lipinski definition) is 4. The molecule has 0 unspecified atom stereocenters. The quantitative estimate of drug-likeness (QED) is 0.451. The predicted molar refractivity (Wildman–Crippen MR) is 85.1 cm³/mol. The molecule has 0 saturated heterocycles. The Morgan fingerprint density at radius 2 is 1.86 bits per heavy atom. The number of hydrazine groups is 1. The van der Waals surface area contributed by atoms with E-state index in [9.17, 15) is 13.2 Å². The summed E-state index contributed by atoms with van der Waals surface area (Å²) in [5.41, 5.74) is 3.09. The van der Waals surface area contributed by atoms with Crippen LogP contribution in [0.5, 0.6) is 0 Å². The van der Waals surface area contributed by atoms with Crippen LogP contribution < -0.4 is 16.0 Å². The van der Waals surface area contributed by atoms with Crippen LogP contribution in [0.4, 0.5) is 5.69 Å². The van der Waals surface area contributed by atoms with Gasteiger partial charge in [-0.1, -0.05) is 23.7 Å². The fraction of sp³-hybridized carbons (Fsp3) is 0.0714. The third-order valence-electron chi connectivity index (χ3n) is 3.05. The van der Waals surface area contributed by atoms with Gasteiger partial charge in [0.15, 0.2) is 0 Å². The zero-order valence-electron chi connectivity index (χ0n) is 11.6. The summed E-state index contributed by atoms with van der Waals surface area (Å²) in [6.45, 7) is 1.71. The summed E-state index contributed by atoms with van der Waals surface area (Å²) in [5, 5.41) is 0.455. The molecule has 0 atom stereocenters. The predicted octanol–water partition coefficient (Wildman–Crippen LogP) is 2.05. The minimum atomic E-state index is -3.85. The molecule has 22 heavy (non-hydrogen) atoms. The van der Waals surface area contributed by atoms with Gasteiger partial charge in [-0.3, -0.25) is 14.9 Å². The number of nitrogens with two attached hydrogens (primary N) is 1. The lowest BCUT2D eigenvalue weighted by molar-refractivity contribution is 0.0953. The van der Waals surface area contributed by atoms with E-state index >= 15 is 0 Å². The van der Waals surface area contributed by atoms with Crippen LogP contribution in [-0.2, 0) is 10.0 Å². The first-order valence-corrected chi connectivity index (χ1v) is 8.10. The minimum Gasteiger partial charge on any atom is -0.290 e. The molecule has 0 aliphatic rings. The first-order chi connectivity index (χ1) is 10.3. The van der Waals surface area contributed by atoms with Gasteiger partial charge in [-0.15, -0.1) is 0 Å². The summed E-state index contributed by atoms with van der Waals surface area (Å²) in [6, 6.07) is 10.5. The first-order valence-electron chi connectivity index (χ1n) is 6.24. The number of benzene rings is 2. The van der Waals surface area contributed by atoms with Crippen molar-refractivity contribution in [3.05, 3.63) is 58.6 Å². The van der Waals surface area contributed by atoms with Gasteiger partial charge >= 0.3 is 0 Å². The van der Waals surface area contributed by atoms with Gasteiger partial charge in [0.2, 0.25) is 0 Å². The van der Waals surface area contributed by atoms with Gasteiger partial charge in [-0.05, 0) is 42.8 Å². The van der Waals surface area contributed by atoms with Gasteiger partial charge in [0.05, 0.1) is 10.6 Å². The maximum Gasteiger partial charge on any atom is 0.265 e. The molecule has 2 aromatic carbocycles. The number of rotatable bonds is 4. The molecule has 116 valence electrons. The number of carbonyl (C=O) groups is 1. The van der Waals surface area contributed by atoms with Gasteiger partial charge in [0, 0.05) is 10.6 Å². The molecule has 2 rings (SSSR count). The highest BCUT2D eigenvalue weighted by Crippen LogP contribution is 2.25. The van der Waals surface area contributed by atoms with Crippen LogP contribution in [0.25, 0.3) is 0 Å². The van der Waals surface area contributed by atoms with E-state index in [0.29, 0.717) is 16.3 Å². The monoisotopic (exact) mass is 339 g/mol. The zero-order chi connectivity index (χ0) is 16.3. The molecule has 0 heterocycles. The standard InChI is InChI=1S/C14H14ClN3O3S/c1-9-12(15)6-3-7-13(9)18-22(20,21)11-5-2-4-10(8-11)14(19)17-16/h2-8,18H,16H2,1H3,(H,17,19).